The van der Waals surface area contributed by atoms with Gasteiger partial charge in [-0.25, -0.2) is 4.98 Å². The van der Waals surface area contributed by atoms with Crippen LogP contribution in [0.25, 0.3) is 11.3 Å². The van der Waals surface area contributed by atoms with Gasteiger partial charge >= 0.3 is 6.18 Å². The van der Waals surface area contributed by atoms with Gasteiger partial charge in [0.2, 0.25) is 5.91 Å². The molecule has 1 saturated heterocycles. The summed E-state index contributed by atoms with van der Waals surface area (Å²) < 4.78 is 45.2. The normalized spacial score (nSPS) is 15.9. The van der Waals surface area contributed by atoms with Crippen molar-refractivity contribution < 1.29 is 22.4 Å². The quantitative estimate of drug-likeness (QED) is 0.787. The summed E-state index contributed by atoms with van der Waals surface area (Å²) in [6, 6.07) is 5.53. The molecule has 0 aliphatic carbocycles. The van der Waals surface area contributed by atoms with E-state index in [0.717, 1.165) is 6.07 Å². The van der Waals surface area contributed by atoms with Crippen LogP contribution in [0.15, 0.2) is 34.9 Å². The first-order chi connectivity index (χ1) is 12.6. The number of anilines is 1. The predicted molar refractivity (Wildman–Crippen MR) is 95.2 cm³/mol. The second-order valence-corrected chi connectivity index (χ2v) is 7.58. The first-order valence-corrected chi connectivity index (χ1v) is 8.74. The Bertz CT molecular complexity index is 816. The van der Waals surface area contributed by atoms with E-state index in [-0.39, 0.29) is 23.2 Å². The molecular formula is C19H22F3N3O2. The highest BCUT2D eigenvalue weighted by Crippen LogP contribution is 2.37. The molecule has 0 unspecified atom stereocenters. The highest BCUT2D eigenvalue weighted by atomic mass is 19.4. The van der Waals surface area contributed by atoms with Gasteiger partial charge in [-0.1, -0.05) is 39.0 Å². The molecule has 3 rings (SSSR count). The molecule has 8 heteroatoms. The lowest BCUT2D eigenvalue weighted by molar-refractivity contribution is -0.139. The van der Waals surface area contributed by atoms with E-state index >= 15 is 0 Å². The Hall–Kier alpha value is -2.51. The summed E-state index contributed by atoms with van der Waals surface area (Å²) in [6.45, 7) is 7.70. The maximum Gasteiger partial charge on any atom is 0.417 e. The Balaban J connectivity index is 1.74. The first-order valence-electron chi connectivity index (χ1n) is 8.74. The summed E-state index contributed by atoms with van der Waals surface area (Å²) >= 11 is 0. The Morgan fingerprint density at radius 1 is 1.07 bits per heavy atom. The number of carbonyl (C=O) groups excluding carboxylic acids is 1. The van der Waals surface area contributed by atoms with E-state index in [0.29, 0.717) is 26.2 Å². The molecular weight excluding hydrogens is 359 g/mol. The van der Waals surface area contributed by atoms with Crippen LogP contribution >= 0.6 is 0 Å². The van der Waals surface area contributed by atoms with E-state index in [9.17, 15) is 18.0 Å². The molecule has 1 aromatic carbocycles. The van der Waals surface area contributed by atoms with Gasteiger partial charge in [0.1, 0.15) is 0 Å². The molecule has 0 atom stereocenters. The molecule has 0 saturated carbocycles. The summed E-state index contributed by atoms with van der Waals surface area (Å²) in [5.74, 6) is 0.153. The van der Waals surface area contributed by atoms with Crippen LogP contribution in [0.4, 0.5) is 19.2 Å². The van der Waals surface area contributed by atoms with E-state index in [4.69, 9.17) is 4.42 Å². The van der Waals surface area contributed by atoms with Crippen molar-refractivity contribution in [1.82, 2.24) is 9.88 Å². The number of alkyl halides is 3. The van der Waals surface area contributed by atoms with Gasteiger partial charge in [0, 0.05) is 37.2 Å². The fourth-order valence-electron chi connectivity index (χ4n) is 3.06. The molecule has 146 valence electrons. The molecule has 0 radical (unpaired) electrons. The molecule has 0 spiro atoms. The molecule has 2 heterocycles. The minimum Gasteiger partial charge on any atom is -0.423 e. The summed E-state index contributed by atoms with van der Waals surface area (Å²) in [4.78, 5) is 20.1. The zero-order valence-corrected chi connectivity index (χ0v) is 15.5. The van der Waals surface area contributed by atoms with Crippen molar-refractivity contribution in [3.63, 3.8) is 0 Å². The van der Waals surface area contributed by atoms with Gasteiger partial charge in [0.25, 0.3) is 6.01 Å². The monoisotopic (exact) mass is 381 g/mol. The minimum atomic E-state index is -4.47. The zero-order valence-electron chi connectivity index (χ0n) is 15.5. The van der Waals surface area contributed by atoms with E-state index in [1.165, 1.54) is 24.4 Å². The molecule has 2 aromatic rings. The Morgan fingerprint density at radius 2 is 1.70 bits per heavy atom. The Morgan fingerprint density at radius 3 is 2.30 bits per heavy atom. The molecule has 0 N–H and O–H groups in total. The van der Waals surface area contributed by atoms with Gasteiger partial charge in [-0.05, 0) is 6.07 Å². The number of benzene rings is 1. The largest absolute Gasteiger partial charge is 0.423 e. The number of nitrogens with zero attached hydrogens (tertiary/aromatic N) is 3. The van der Waals surface area contributed by atoms with Crippen molar-refractivity contribution >= 4 is 11.9 Å². The van der Waals surface area contributed by atoms with Crippen LogP contribution in [0.1, 0.15) is 26.3 Å². The first kappa shape index (κ1) is 19.3. The molecule has 5 nitrogen and oxygen atoms in total. The van der Waals surface area contributed by atoms with Gasteiger partial charge in [0.15, 0.2) is 5.76 Å². The summed E-state index contributed by atoms with van der Waals surface area (Å²) in [5, 5.41) is 0. The van der Waals surface area contributed by atoms with Crippen LogP contribution in [0.2, 0.25) is 0 Å². The SMILES string of the molecule is CC(C)(C)C(=O)N1CCN(c2ncc(-c3ccccc3C(F)(F)F)o2)CC1. The van der Waals surface area contributed by atoms with Crippen molar-refractivity contribution in [2.24, 2.45) is 5.41 Å². The minimum absolute atomic E-state index is 0.0368. The number of hydrogen-bond donors (Lipinski definition) is 0. The summed E-state index contributed by atoms with van der Waals surface area (Å²) in [5.41, 5.74) is -1.24. The summed E-state index contributed by atoms with van der Waals surface area (Å²) in [6.07, 6.45) is -3.16. The zero-order chi connectivity index (χ0) is 19.8. The fraction of sp³-hybridized carbons (Fsp3) is 0.474. The average Bonchev–Trinajstić information content (AvgIpc) is 3.10. The van der Waals surface area contributed by atoms with Crippen molar-refractivity contribution in [3.8, 4) is 11.3 Å². The number of oxazole rings is 1. The Labute approximate surface area is 155 Å². The van der Waals surface area contributed by atoms with Crippen LogP contribution in [0.5, 0.6) is 0 Å². The number of hydrogen-bond acceptors (Lipinski definition) is 4. The number of aromatic nitrogens is 1. The van der Waals surface area contributed by atoms with Crippen LogP contribution in [-0.4, -0.2) is 42.0 Å². The van der Waals surface area contributed by atoms with Crippen LogP contribution in [0.3, 0.4) is 0 Å². The van der Waals surface area contributed by atoms with E-state index in [1.54, 1.807) is 4.90 Å². The lowest BCUT2D eigenvalue weighted by atomic mass is 9.94. The third kappa shape index (κ3) is 4.09. The average molecular weight is 381 g/mol. The van der Waals surface area contributed by atoms with Gasteiger partial charge in [-0.15, -0.1) is 0 Å². The summed E-state index contributed by atoms with van der Waals surface area (Å²) in [7, 11) is 0. The lowest BCUT2D eigenvalue weighted by Crippen LogP contribution is -2.51. The second kappa shape index (κ2) is 6.90. The van der Waals surface area contributed by atoms with E-state index < -0.39 is 17.2 Å². The van der Waals surface area contributed by atoms with E-state index in [2.05, 4.69) is 4.98 Å². The van der Waals surface area contributed by atoms with Crippen molar-refractivity contribution in [3.05, 3.63) is 36.0 Å². The highest BCUT2D eigenvalue weighted by Gasteiger charge is 2.35. The number of piperazine rings is 1. The van der Waals surface area contributed by atoms with Crippen molar-refractivity contribution in [2.75, 3.05) is 31.1 Å². The number of carbonyl (C=O) groups is 1. The molecule has 27 heavy (non-hydrogen) atoms. The highest BCUT2D eigenvalue weighted by molar-refractivity contribution is 5.81. The van der Waals surface area contributed by atoms with E-state index in [1.807, 2.05) is 25.7 Å². The molecule has 1 aliphatic heterocycles. The molecule has 1 fully saturated rings. The third-order valence-corrected chi connectivity index (χ3v) is 4.47. The van der Waals surface area contributed by atoms with Crippen LogP contribution in [-0.2, 0) is 11.0 Å². The van der Waals surface area contributed by atoms with Crippen molar-refractivity contribution in [1.29, 1.82) is 0 Å². The third-order valence-electron chi connectivity index (χ3n) is 4.47. The maximum absolute atomic E-state index is 13.2. The van der Waals surface area contributed by atoms with Gasteiger partial charge in [-0.2, -0.15) is 13.2 Å². The number of rotatable bonds is 2. The molecule has 1 amide bonds. The second-order valence-electron chi connectivity index (χ2n) is 7.58. The maximum atomic E-state index is 13.2. The standard InChI is InChI=1S/C19H22F3N3O2/c1-18(2,3)16(26)24-8-10-25(11-9-24)17-23-12-15(27-17)13-6-4-5-7-14(13)19(20,21)22/h4-7,12H,8-11H2,1-3H3. The van der Waals surface area contributed by atoms with Crippen molar-refractivity contribution in [2.45, 2.75) is 26.9 Å². The number of amides is 1. The Kier molecular flexibility index (Phi) is 4.92. The van der Waals surface area contributed by atoms with Gasteiger partial charge in [0.05, 0.1) is 11.8 Å². The molecule has 1 aliphatic rings. The molecule has 0 bridgehead atoms. The number of halogens is 3. The predicted octanol–water partition coefficient (Wildman–Crippen LogP) is 4.06. The fourth-order valence-corrected chi connectivity index (χ4v) is 3.06. The smallest absolute Gasteiger partial charge is 0.417 e. The van der Waals surface area contributed by atoms with Gasteiger partial charge in [-0.3, -0.25) is 4.79 Å². The lowest BCUT2D eigenvalue weighted by Gasteiger charge is -2.37. The topological polar surface area (TPSA) is 49.6 Å². The van der Waals surface area contributed by atoms with Crippen LogP contribution < -0.4 is 4.90 Å². The van der Waals surface area contributed by atoms with Crippen LogP contribution in [0, 0.1) is 5.41 Å². The van der Waals surface area contributed by atoms with Gasteiger partial charge < -0.3 is 14.2 Å². The molecule has 1 aromatic heterocycles.